The highest BCUT2D eigenvalue weighted by molar-refractivity contribution is 5.77. The maximum Gasteiger partial charge on any atom is 0.238 e. The number of hydrogen-bond acceptors (Lipinski definition) is 5. The molecule has 1 amide bonds. The highest BCUT2D eigenvalue weighted by Crippen LogP contribution is 2.28. The third kappa shape index (κ3) is 4.76. The van der Waals surface area contributed by atoms with Gasteiger partial charge in [0.05, 0.1) is 18.4 Å². The van der Waals surface area contributed by atoms with Gasteiger partial charge in [-0.1, -0.05) is 18.2 Å². The highest BCUT2D eigenvalue weighted by atomic mass is 16.5. The second kappa shape index (κ2) is 8.07. The summed E-state index contributed by atoms with van der Waals surface area (Å²) >= 11 is 0. The summed E-state index contributed by atoms with van der Waals surface area (Å²) in [5, 5.41) is 0. The number of likely N-dealkylation sites (tertiary alicyclic amines) is 1. The molecule has 1 saturated heterocycles. The first-order valence-electron chi connectivity index (χ1n) is 8.59. The Bertz CT molecular complexity index is 698. The summed E-state index contributed by atoms with van der Waals surface area (Å²) in [4.78, 5) is 24.6. The van der Waals surface area contributed by atoms with Gasteiger partial charge < -0.3 is 9.64 Å². The molecule has 1 aromatic heterocycles. The van der Waals surface area contributed by atoms with Crippen LogP contribution < -0.4 is 4.74 Å². The topological polar surface area (TPSA) is 58.6 Å². The minimum atomic E-state index is 0.150. The first-order chi connectivity index (χ1) is 12.1. The molecule has 1 aromatic carbocycles. The normalized spacial score (nSPS) is 15.8. The number of piperidine rings is 1. The summed E-state index contributed by atoms with van der Waals surface area (Å²) in [6.07, 6.45) is 5.42. The molecule has 1 aliphatic rings. The molecule has 0 bridgehead atoms. The van der Waals surface area contributed by atoms with E-state index < -0.39 is 0 Å². The molecule has 0 saturated carbocycles. The van der Waals surface area contributed by atoms with E-state index in [4.69, 9.17) is 4.74 Å². The maximum atomic E-state index is 11.8. The number of carbonyl (C=O) groups excluding carboxylic acids is 1. The van der Waals surface area contributed by atoms with Crippen molar-refractivity contribution in [2.24, 2.45) is 0 Å². The fourth-order valence-electron chi connectivity index (χ4n) is 2.94. The highest BCUT2D eigenvalue weighted by Gasteiger charge is 2.24. The molecule has 0 spiro atoms. The van der Waals surface area contributed by atoms with Crippen LogP contribution in [0.2, 0.25) is 0 Å². The number of likely N-dealkylation sites (N-methyl/N-ethyl adjacent to an activating group) is 1. The van der Waals surface area contributed by atoms with Crippen LogP contribution in [0.25, 0.3) is 0 Å². The second-order valence-corrected chi connectivity index (χ2v) is 6.54. The van der Waals surface area contributed by atoms with Crippen molar-refractivity contribution in [2.75, 3.05) is 33.7 Å². The van der Waals surface area contributed by atoms with Gasteiger partial charge in [-0.05, 0) is 38.1 Å². The number of rotatable bonds is 5. The minimum absolute atomic E-state index is 0.150. The Hall–Kier alpha value is -2.47. The van der Waals surface area contributed by atoms with Gasteiger partial charge in [0, 0.05) is 26.2 Å². The Morgan fingerprint density at radius 3 is 2.60 bits per heavy atom. The van der Waals surface area contributed by atoms with Crippen LogP contribution >= 0.6 is 0 Å². The maximum absolute atomic E-state index is 11.8. The first kappa shape index (κ1) is 17.4. The number of para-hydroxylation sites is 1. The van der Waals surface area contributed by atoms with Crippen molar-refractivity contribution in [3.05, 3.63) is 48.4 Å². The van der Waals surface area contributed by atoms with E-state index in [1.807, 2.05) is 36.5 Å². The van der Waals surface area contributed by atoms with Gasteiger partial charge >= 0.3 is 0 Å². The molecule has 6 heteroatoms. The van der Waals surface area contributed by atoms with Crippen molar-refractivity contribution >= 4 is 5.91 Å². The number of ether oxygens (including phenoxy) is 1. The summed E-state index contributed by atoms with van der Waals surface area (Å²) in [5.41, 5.74) is 0.965. The Kier molecular flexibility index (Phi) is 5.60. The van der Waals surface area contributed by atoms with E-state index in [0.717, 1.165) is 37.4 Å². The quantitative estimate of drug-likeness (QED) is 0.837. The van der Waals surface area contributed by atoms with Crippen molar-refractivity contribution in [1.82, 2.24) is 19.8 Å². The number of benzene rings is 1. The summed E-state index contributed by atoms with van der Waals surface area (Å²) < 4.78 is 5.78. The molecule has 0 aliphatic carbocycles. The van der Waals surface area contributed by atoms with Gasteiger partial charge in [-0.3, -0.25) is 14.7 Å². The SMILES string of the molecule is CN(C)C(=O)CN1CCC(c2cncc(Oc3ccccc3)n2)CC1. The third-order valence-corrected chi connectivity index (χ3v) is 4.46. The number of amides is 1. The van der Waals surface area contributed by atoms with E-state index in [0.29, 0.717) is 18.3 Å². The number of nitrogens with zero attached hydrogens (tertiary/aromatic N) is 4. The van der Waals surface area contributed by atoms with E-state index in [1.54, 1.807) is 25.2 Å². The molecule has 0 unspecified atom stereocenters. The molecular weight excluding hydrogens is 316 g/mol. The van der Waals surface area contributed by atoms with Crippen LogP contribution in [0.15, 0.2) is 42.7 Å². The monoisotopic (exact) mass is 340 g/mol. The van der Waals surface area contributed by atoms with Gasteiger partial charge in [0.25, 0.3) is 0 Å². The lowest BCUT2D eigenvalue weighted by Crippen LogP contribution is -2.40. The second-order valence-electron chi connectivity index (χ2n) is 6.54. The largest absolute Gasteiger partial charge is 0.437 e. The Morgan fingerprint density at radius 2 is 1.92 bits per heavy atom. The van der Waals surface area contributed by atoms with Crippen LogP contribution in [0.5, 0.6) is 11.6 Å². The molecular formula is C19H24N4O2. The zero-order valence-corrected chi connectivity index (χ0v) is 14.8. The van der Waals surface area contributed by atoms with E-state index in [-0.39, 0.29) is 5.91 Å². The van der Waals surface area contributed by atoms with E-state index in [1.165, 1.54) is 0 Å². The standard InChI is InChI=1S/C19H24N4O2/c1-22(2)19(24)14-23-10-8-15(9-11-23)17-12-20-13-18(21-17)25-16-6-4-3-5-7-16/h3-7,12-13,15H,8-11,14H2,1-2H3. The van der Waals surface area contributed by atoms with Gasteiger partial charge in [0.1, 0.15) is 5.75 Å². The first-order valence-corrected chi connectivity index (χ1v) is 8.59. The molecule has 1 aliphatic heterocycles. The Morgan fingerprint density at radius 1 is 1.20 bits per heavy atom. The van der Waals surface area contributed by atoms with E-state index in [2.05, 4.69) is 14.9 Å². The van der Waals surface area contributed by atoms with Crippen LogP contribution in [-0.4, -0.2) is 59.4 Å². The van der Waals surface area contributed by atoms with Crippen LogP contribution in [-0.2, 0) is 4.79 Å². The fraction of sp³-hybridized carbons (Fsp3) is 0.421. The van der Waals surface area contributed by atoms with Gasteiger partial charge in [-0.15, -0.1) is 0 Å². The molecule has 6 nitrogen and oxygen atoms in total. The minimum Gasteiger partial charge on any atom is -0.437 e. The number of hydrogen-bond donors (Lipinski definition) is 0. The smallest absolute Gasteiger partial charge is 0.238 e. The van der Waals surface area contributed by atoms with E-state index in [9.17, 15) is 4.79 Å². The van der Waals surface area contributed by atoms with Crippen LogP contribution in [0.4, 0.5) is 0 Å². The Labute approximate surface area is 148 Å². The molecule has 25 heavy (non-hydrogen) atoms. The predicted molar refractivity (Wildman–Crippen MR) is 95.7 cm³/mol. The van der Waals surface area contributed by atoms with Crippen molar-refractivity contribution in [3.63, 3.8) is 0 Å². The van der Waals surface area contributed by atoms with Crippen molar-refractivity contribution in [2.45, 2.75) is 18.8 Å². The Balaban J connectivity index is 1.58. The summed E-state index contributed by atoms with van der Waals surface area (Å²) in [7, 11) is 3.59. The number of aromatic nitrogens is 2. The van der Waals surface area contributed by atoms with Crippen LogP contribution in [0, 0.1) is 0 Å². The fourth-order valence-corrected chi connectivity index (χ4v) is 2.94. The molecule has 1 fully saturated rings. The molecule has 2 heterocycles. The molecule has 0 atom stereocenters. The lowest BCUT2D eigenvalue weighted by atomic mass is 9.94. The van der Waals surface area contributed by atoms with Gasteiger partial charge in [0.2, 0.25) is 11.8 Å². The van der Waals surface area contributed by atoms with Crippen molar-refractivity contribution in [3.8, 4) is 11.6 Å². The van der Waals surface area contributed by atoms with Crippen LogP contribution in [0.1, 0.15) is 24.5 Å². The van der Waals surface area contributed by atoms with Crippen LogP contribution in [0.3, 0.4) is 0 Å². The van der Waals surface area contributed by atoms with Gasteiger partial charge in [-0.25, -0.2) is 4.98 Å². The van der Waals surface area contributed by atoms with Crippen molar-refractivity contribution in [1.29, 1.82) is 0 Å². The van der Waals surface area contributed by atoms with E-state index >= 15 is 0 Å². The summed E-state index contributed by atoms with van der Waals surface area (Å²) in [5.74, 6) is 1.79. The molecule has 0 radical (unpaired) electrons. The molecule has 3 rings (SSSR count). The molecule has 0 N–H and O–H groups in total. The predicted octanol–water partition coefficient (Wildman–Crippen LogP) is 2.54. The summed E-state index contributed by atoms with van der Waals surface area (Å²) in [6, 6.07) is 9.60. The molecule has 132 valence electrons. The average molecular weight is 340 g/mol. The summed E-state index contributed by atoms with van der Waals surface area (Å²) in [6.45, 7) is 2.29. The lowest BCUT2D eigenvalue weighted by molar-refractivity contribution is -0.130. The zero-order chi connectivity index (χ0) is 17.6. The number of carbonyl (C=O) groups is 1. The third-order valence-electron chi connectivity index (χ3n) is 4.46. The van der Waals surface area contributed by atoms with Crippen molar-refractivity contribution < 1.29 is 9.53 Å². The van der Waals surface area contributed by atoms with Gasteiger partial charge in [0.15, 0.2) is 0 Å². The lowest BCUT2D eigenvalue weighted by Gasteiger charge is -2.31. The zero-order valence-electron chi connectivity index (χ0n) is 14.8. The van der Waals surface area contributed by atoms with Gasteiger partial charge in [-0.2, -0.15) is 0 Å². The molecule has 2 aromatic rings. The average Bonchev–Trinajstić information content (AvgIpc) is 2.63.